The van der Waals surface area contributed by atoms with Gasteiger partial charge in [-0.2, -0.15) is 0 Å². The van der Waals surface area contributed by atoms with E-state index in [-0.39, 0.29) is 11.9 Å². The third-order valence-corrected chi connectivity index (χ3v) is 2.84. The van der Waals surface area contributed by atoms with Gasteiger partial charge in [-0.25, -0.2) is 4.39 Å². The van der Waals surface area contributed by atoms with Gasteiger partial charge in [-0.1, -0.05) is 6.07 Å². The molecule has 1 aromatic rings. The first-order valence-electron chi connectivity index (χ1n) is 5.57. The number of hydrogen-bond acceptors (Lipinski definition) is 3. The van der Waals surface area contributed by atoms with E-state index in [1.54, 1.807) is 6.07 Å². The van der Waals surface area contributed by atoms with Crippen LogP contribution in [0.15, 0.2) is 18.2 Å². The number of nitrogens with zero attached hydrogens (tertiary/aromatic N) is 1. The van der Waals surface area contributed by atoms with Gasteiger partial charge in [0.2, 0.25) is 0 Å². The molecule has 0 spiro atoms. The SMILES string of the molecule is CC(N)c1c(F)cccc1N1CCOCC1. The number of morpholine rings is 1. The van der Waals surface area contributed by atoms with Gasteiger partial charge in [-0.3, -0.25) is 0 Å². The van der Waals surface area contributed by atoms with Crippen LogP contribution in [0.4, 0.5) is 10.1 Å². The second kappa shape index (κ2) is 4.80. The second-order valence-corrected chi connectivity index (χ2v) is 4.06. The molecule has 0 aliphatic carbocycles. The van der Waals surface area contributed by atoms with E-state index in [1.165, 1.54) is 6.07 Å². The molecule has 88 valence electrons. The fraction of sp³-hybridized carbons (Fsp3) is 0.500. The molecule has 2 N–H and O–H groups in total. The first-order chi connectivity index (χ1) is 7.70. The van der Waals surface area contributed by atoms with Gasteiger partial charge < -0.3 is 15.4 Å². The molecular weight excluding hydrogens is 207 g/mol. The largest absolute Gasteiger partial charge is 0.378 e. The van der Waals surface area contributed by atoms with Crippen LogP contribution >= 0.6 is 0 Å². The van der Waals surface area contributed by atoms with Crippen LogP contribution in [-0.4, -0.2) is 26.3 Å². The predicted octanol–water partition coefficient (Wildman–Crippen LogP) is 1.68. The van der Waals surface area contributed by atoms with Crippen LogP contribution in [0, 0.1) is 5.82 Å². The minimum absolute atomic E-state index is 0.223. The summed E-state index contributed by atoms with van der Waals surface area (Å²) >= 11 is 0. The van der Waals surface area contributed by atoms with E-state index in [1.807, 2.05) is 13.0 Å². The maximum atomic E-state index is 13.7. The summed E-state index contributed by atoms with van der Waals surface area (Å²) in [5.74, 6) is -0.223. The van der Waals surface area contributed by atoms with E-state index < -0.39 is 0 Å². The molecule has 1 fully saturated rings. The summed E-state index contributed by atoms with van der Waals surface area (Å²) < 4.78 is 19.0. The molecule has 0 aromatic heterocycles. The summed E-state index contributed by atoms with van der Waals surface area (Å²) in [7, 11) is 0. The molecule has 1 aliphatic heterocycles. The number of halogens is 1. The predicted molar refractivity (Wildman–Crippen MR) is 62.0 cm³/mol. The fourth-order valence-electron chi connectivity index (χ4n) is 2.06. The minimum atomic E-state index is -0.293. The zero-order chi connectivity index (χ0) is 11.5. The molecule has 0 radical (unpaired) electrons. The van der Waals surface area contributed by atoms with Crippen molar-refractivity contribution in [1.29, 1.82) is 0 Å². The lowest BCUT2D eigenvalue weighted by Crippen LogP contribution is -2.37. The van der Waals surface area contributed by atoms with E-state index in [0.29, 0.717) is 18.8 Å². The molecule has 16 heavy (non-hydrogen) atoms. The molecule has 1 atom stereocenters. The molecule has 2 rings (SSSR count). The summed E-state index contributed by atoms with van der Waals surface area (Å²) in [5, 5.41) is 0. The van der Waals surface area contributed by atoms with Crippen molar-refractivity contribution in [3.05, 3.63) is 29.6 Å². The fourth-order valence-corrected chi connectivity index (χ4v) is 2.06. The summed E-state index contributed by atoms with van der Waals surface area (Å²) in [6.07, 6.45) is 0. The van der Waals surface area contributed by atoms with Gasteiger partial charge in [0.1, 0.15) is 5.82 Å². The van der Waals surface area contributed by atoms with Gasteiger partial charge in [0, 0.05) is 30.4 Å². The first-order valence-corrected chi connectivity index (χ1v) is 5.57. The Labute approximate surface area is 95.0 Å². The van der Waals surface area contributed by atoms with Crippen LogP contribution in [0.3, 0.4) is 0 Å². The Balaban J connectivity index is 2.34. The third kappa shape index (κ3) is 2.18. The molecule has 1 aliphatic rings. The van der Waals surface area contributed by atoms with Crippen LogP contribution in [0.2, 0.25) is 0 Å². The van der Waals surface area contributed by atoms with Crippen molar-refractivity contribution in [2.24, 2.45) is 5.73 Å². The number of anilines is 1. The average molecular weight is 224 g/mol. The van der Waals surface area contributed by atoms with Gasteiger partial charge in [0.15, 0.2) is 0 Å². The Bertz CT molecular complexity index is 362. The lowest BCUT2D eigenvalue weighted by atomic mass is 10.0. The van der Waals surface area contributed by atoms with E-state index in [2.05, 4.69) is 4.90 Å². The summed E-state index contributed by atoms with van der Waals surface area (Å²) in [6, 6.07) is 4.82. The number of nitrogens with two attached hydrogens (primary N) is 1. The zero-order valence-corrected chi connectivity index (χ0v) is 9.45. The quantitative estimate of drug-likeness (QED) is 0.830. The van der Waals surface area contributed by atoms with Crippen LogP contribution in [0.1, 0.15) is 18.5 Å². The van der Waals surface area contributed by atoms with Crippen molar-refractivity contribution in [2.45, 2.75) is 13.0 Å². The standard InChI is InChI=1S/C12H17FN2O/c1-9(14)12-10(13)3-2-4-11(12)15-5-7-16-8-6-15/h2-4,9H,5-8,14H2,1H3. The van der Waals surface area contributed by atoms with Crippen molar-refractivity contribution < 1.29 is 9.13 Å². The lowest BCUT2D eigenvalue weighted by Gasteiger charge is -2.31. The maximum Gasteiger partial charge on any atom is 0.130 e. The van der Waals surface area contributed by atoms with E-state index in [0.717, 1.165) is 18.8 Å². The van der Waals surface area contributed by atoms with Gasteiger partial charge in [0.25, 0.3) is 0 Å². The maximum absolute atomic E-state index is 13.7. The molecule has 1 unspecified atom stereocenters. The Kier molecular flexibility index (Phi) is 3.41. The van der Waals surface area contributed by atoms with Crippen LogP contribution < -0.4 is 10.6 Å². The van der Waals surface area contributed by atoms with Crippen molar-refractivity contribution in [3.63, 3.8) is 0 Å². The second-order valence-electron chi connectivity index (χ2n) is 4.06. The van der Waals surface area contributed by atoms with Crippen molar-refractivity contribution in [3.8, 4) is 0 Å². The van der Waals surface area contributed by atoms with Gasteiger partial charge >= 0.3 is 0 Å². The molecule has 1 heterocycles. The highest BCUT2D eigenvalue weighted by Crippen LogP contribution is 2.28. The Morgan fingerprint density at radius 3 is 2.69 bits per heavy atom. The molecular formula is C12H17FN2O. The summed E-state index contributed by atoms with van der Waals surface area (Å²) in [5.41, 5.74) is 7.33. The first kappa shape index (κ1) is 11.4. The van der Waals surface area contributed by atoms with E-state index in [4.69, 9.17) is 10.5 Å². The highest BCUT2D eigenvalue weighted by atomic mass is 19.1. The topological polar surface area (TPSA) is 38.5 Å². The highest BCUT2D eigenvalue weighted by Gasteiger charge is 2.19. The van der Waals surface area contributed by atoms with Crippen LogP contribution in [0.5, 0.6) is 0 Å². The van der Waals surface area contributed by atoms with Crippen molar-refractivity contribution in [2.75, 3.05) is 31.2 Å². The molecule has 1 aromatic carbocycles. The summed E-state index contributed by atoms with van der Waals surface area (Å²) in [6.45, 7) is 4.78. The average Bonchev–Trinajstić information content (AvgIpc) is 2.29. The minimum Gasteiger partial charge on any atom is -0.378 e. The Morgan fingerprint density at radius 1 is 1.38 bits per heavy atom. The van der Waals surface area contributed by atoms with Crippen LogP contribution in [-0.2, 0) is 4.74 Å². The Hall–Kier alpha value is -1.13. The molecule has 0 bridgehead atoms. The van der Waals surface area contributed by atoms with Crippen molar-refractivity contribution in [1.82, 2.24) is 0 Å². The van der Waals surface area contributed by atoms with Gasteiger partial charge in [-0.15, -0.1) is 0 Å². The zero-order valence-electron chi connectivity index (χ0n) is 9.45. The molecule has 1 saturated heterocycles. The normalized spacial score (nSPS) is 18.6. The number of rotatable bonds is 2. The summed E-state index contributed by atoms with van der Waals surface area (Å²) in [4.78, 5) is 2.13. The van der Waals surface area contributed by atoms with E-state index >= 15 is 0 Å². The van der Waals surface area contributed by atoms with Gasteiger partial charge in [0.05, 0.1) is 13.2 Å². The number of ether oxygens (including phenoxy) is 1. The molecule has 0 saturated carbocycles. The van der Waals surface area contributed by atoms with Gasteiger partial charge in [-0.05, 0) is 19.1 Å². The number of hydrogen-bond donors (Lipinski definition) is 1. The highest BCUT2D eigenvalue weighted by molar-refractivity contribution is 5.55. The van der Waals surface area contributed by atoms with E-state index in [9.17, 15) is 4.39 Å². The Morgan fingerprint density at radius 2 is 2.06 bits per heavy atom. The van der Waals surface area contributed by atoms with Crippen molar-refractivity contribution >= 4 is 5.69 Å². The van der Waals surface area contributed by atoms with Crippen LogP contribution in [0.25, 0.3) is 0 Å². The molecule has 4 heteroatoms. The number of benzene rings is 1. The third-order valence-electron chi connectivity index (χ3n) is 2.84. The smallest absolute Gasteiger partial charge is 0.130 e. The monoisotopic (exact) mass is 224 g/mol. The molecule has 0 amide bonds. The lowest BCUT2D eigenvalue weighted by molar-refractivity contribution is 0.122. The molecule has 3 nitrogen and oxygen atoms in total.